The van der Waals surface area contributed by atoms with Gasteiger partial charge < -0.3 is 25.3 Å². The van der Waals surface area contributed by atoms with Crippen LogP contribution in [0.3, 0.4) is 0 Å². The second kappa shape index (κ2) is 13.0. The zero-order valence-electron chi connectivity index (χ0n) is 20.3. The van der Waals surface area contributed by atoms with Crippen LogP contribution in [0.5, 0.6) is 12.0 Å². The summed E-state index contributed by atoms with van der Waals surface area (Å²) in [5.41, 5.74) is 8.92. The first-order valence-corrected chi connectivity index (χ1v) is 10.9. The summed E-state index contributed by atoms with van der Waals surface area (Å²) < 4.78 is 17.7. The molecule has 2 aromatic heterocycles. The molecule has 0 aliphatic rings. The quantitative estimate of drug-likeness (QED) is 0.276. The van der Waals surface area contributed by atoms with Crippen LogP contribution < -0.4 is 20.5 Å². The first-order chi connectivity index (χ1) is 16.4. The van der Waals surface area contributed by atoms with E-state index in [-0.39, 0.29) is 11.8 Å². The summed E-state index contributed by atoms with van der Waals surface area (Å²) in [6, 6.07) is 5.94. The SMILES string of the molecule is C#CCc1ccc(Cn2c(OC)nc3c(N)nc(OCCCC)nc32)cc1C(=O)OC.CNC. The van der Waals surface area contributed by atoms with Gasteiger partial charge in [0, 0.05) is 6.42 Å². The fourth-order valence-electron chi connectivity index (χ4n) is 3.12. The van der Waals surface area contributed by atoms with Crippen LogP contribution >= 0.6 is 0 Å². The summed E-state index contributed by atoms with van der Waals surface area (Å²) in [5, 5.41) is 2.75. The van der Waals surface area contributed by atoms with Crippen molar-refractivity contribution in [3.63, 3.8) is 0 Å². The van der Waals surface area contributed by atoms with Gasteiger partial charge in [0.05, 0.1) is 32.9 Å². The van der Waals surface area contributed by atoms with E-state index in [2.05, 4.69) is 33.1 Å². The predicted molar refractivity (Wildman–Crippen MR) is 131 cm³/mol. The van der Waals surface area contributed by atoms with Crippen LogP contribution in [0.25, 0.3) is 11.2 Å². The minimum Gasteiger partial charge on any atom is -0.468 e. The molecule has 0 saturated heterocycles. The standard InChI is InChI=1S/C22H25N5O4.C2H7N/c1-5-7-11-31-21-25-18(23)17-19(26-21)27(22(24-17)30-4)13-14-9-10-15(8-6-2)16(12-14)20(28)29-3;1-3-2/h2,9-10,12H,5,7-8,11,13H2,1,3-4H3,(H2,23,25,26);3H,1-2H3. The Balaban J connectivity index is 0.00000129. The molecule has 3 N–H and O–H groups in total. The molecule has 34 heavy (non-hydrogen) atoms. The van der Waals surface area contributed by atoms with Crippen LogP contribution in [-0.2, 0) is 17.7 Å². The van der Waals surface area contributed by atoms with Gasteiger partial charge in [-0.15, -0.1) is 12.3 Å². The molecule has 0 saturated carbocycles. The average molecular weight is 469 g/mol. The number of unbranched alkanes of at least 4 members (excludes halogenated alkanes) is 1. The maximum atomic E-state index is 12.2. The van der Waals surface area contributed by atoms with Gasteiger partial charge in [0.2, 0.25) is 0 Å². The van der Waals surface area contributed by atoms with Gasteiger partial charge in [-0.25, -0.2) is 4.79 Å². The van der Waals surface area contributed by atoms with Crippen molar-refractivity contribution in [2.45, 2.75) is 32.7 Å². The third kappa shape index (κ3) is 6.36. The topological polar surface area (TPSA) is 126 Å². The van der Waals surface area contributed by atoms with Crippen LogP contribution in [0.2, 0.25) is 0 Å². The summed E-state index contributed by atoms with van der Waals surface area (Å²) in [5.74, 6) is 2.31. The second-order valence-electron chi connectivity index (χ2n) is 7.31. The van der Waals surface area contributed by atoms with Crippen molar-refractivity contribution >= 4 is 23.0 Å². The van der Waals surface area contributed by atoms with E-state index in [1.165, 1.54) is 14.2 Å². The van der Waals surface area contributed by atoms with E-state index in [1.807, 2.05) is 26.2 Å². The van der Waals surface area contributed by atoms with E-state index in [9.17, 15) is 4.79 Å². The van der Waals surface area contributed by atoms with Crippen LogP contribution in [0.4, 0.5) is 5.82 Å². The minimum absolute atomic E-state index is 0.182. The van der Waals surface area contributed by atoms with Gasteiger partial charge in [-0.05, 0) is 37.7 Å². The fraction of sp³-hybridized carbons (Fsp3) is 0.417. The number of benzene rings is 1. The molecule has 182 valence electrons. The molecular weight excluding hydrogens is 436 g/mol. The maximum Gasteiger partial charge on any atom is 0.338 e. The Kier molecular flexibility index (Phi) is 10.1. The number of methoxy groups -OCH3 is 2. The molecule has 1 aromatic carbocycles. The Labute approximate surface area is 199 Å². The molecule has 10 nitrogen and oxygen atoms in total. The number of hydrogen-bond donors (Lipinski definition) is 2. The molecule has 0 spiro atoms. The van der Waals surface area contributed by atoms with Crippen LogP contribution in [-0.4, -0.2) is 60.4 Å². The molecule has 0 fully saturated rings. The third-order valence-electron chi connectivity index (χ3n) is 4.69. The van der Waals surface area contributed by atoms with Crippen molar-refractivity contribution in [2.75, 3.05) is 40.7 Å². The molecule has 0 atom stereocenters. The summed E-state index contributed by atoms with van der Waals surface area (Å²) in [7, 11) is 6.59. The molecule has 2 heterocycles. The molecular formula is C24H32N6O4. The van der Waals surface area contributed by atoms with Gasteiger partial charge >= 0.3 is 12.0 Å². The lowest BCUT2D eigenvalue weighted by molar-refractivity contribution is 0.0599. The number of ether oxygens (including phenoxy) is 3. The number of fused-ring (bicyclic) bond motifs is 1. The largest absolute Gasteiger partial charge is 0.468 e. The highest BCUT2D eigenvalue weighted by molar-refractivity contribution is 5.91. The smallest absolute Gasteiger partial charge is 0.338 e. The van der Waals surface area contributed by atoms with Crippen LogP contribution in [0.1, 0.15) is 41.3 Å². The second-order valence-corrected chi connectivity index (χ2v) is 7.31. The van der Waals surface area contributed by atoms with Crippen molar-refractivity contribution in [1.82, 2.24) is 24.8 Å². The van der Waals surface area contributed by atoms with Crippen LogP contribution in [0, 0.1) is 12.3 Å². The number of esters is 1. The van der Waals surface area contributed by atoms with E-state index in [0.717, 1.165) is 24.0 Å². The highest BCUT2D eigenvalue weighted by Crippen LogP contribution is 2.27. The number of hydrogen-bond acceptors (Lipinski definition) is 9. The molecule has 0 unspecified atom stereocenters. The van der Waals surface area contributed by atoms with Crippen molar-refractivity contribution in [2.24, 2.45) is 0 Å². The molecule has 0 aliphatic carbocycles. The highest BCUT2D eigenvalue weighted by Gasteiger charge is 2.19. The van der Waals surface area contributed by atoms with E-state index in [1.54, 1.807) is 10.6 Å². The van der Waals surface area contributed by atoms with Gasteiger partial charge in [-0.3, -0.25) is 4.57 Å². The fourth-order valence-corrected chi connectivity index (χ4v) is 3.12. The zero-order valence-corrected chi connectivity index (χ0v) is 20.3. The number of nitrogens with two attached hydrogens (primary N) is 1. The molecule has 0 amide bonds. The van der Waals surface area contributed by atoms with E-state index in [4.69, 9.17) is 26.4 Å². The van der Waals surface area contributed by atoms with Crippen LogP contribution in [0.15, 0.2) is 18.2 Å². The van der Waals surface area contributed by atoms with Crippen molar-refractivity contribution < 1.29 is 19.0 Å². The summed E-state index contributed by atoms with van der Waals surface area (Å²) in [4.78, 5) is 25.3. The highest BCUT2D eigenvalue weighted by atomic mass is 16.5. The van der Waals surface area contributed by atoms with E-state index in [0.29, 0.717) is 42.3 Å². The molecule has 0 aliphatic heterocycles. The first-order valence-electron chi connectivity index (χ1n) is 10.9. The Morgan fingerprint density at radius 2 is 1.97 bits per heavy atom. The first kappa shape index (κ1) is 26.4. The Morgan fingerprint density at radius 3 is 2.59 bits per heavy atom. The number of carbonyl (C=O) groups excluding carboxylic acids is 1. The minimum atomic E-state index is -0.451. The number of rotatable bonds is 9. The maximum absolute atomic E-state index is 12.2. The Bertz CT molecular complexity index is 1150. The number of anilines is 1. The molecule has 0 bridgehead atoms. The number of carbonyl (C=O) groups is 1. The Hall–Kier alpha value is -3.84. The van der Waals surface area contributed by atoms with E-state index >= 15 is 0 Å². The number of nitrogen functional groups attached to an aromatic ring is 1. The summed E-state index contributed by atoms with van der Waals surface area (Å²) >= 11 is 0. The van der Waals surface area contributed by atoms with Crippen molar-refractivity contribution in [3.05, 3.63) is 34.9 Å². The van der Waals surface area contributed by atoms with Gasteiger partial charge in [0.15, 0.2) is 17.0 Å². The van der Waals surface area contributed by atoms with Gasteiger partial charge in [0.25, 0.3) is 6.01 Å². The molecule has 3 rings (SSSR count). The molecule has 10 heteroatoms. The summed E-state index contributed by atoms with van der Waals surface area (Å²) in [6.45, 7) is 2.88. The number of imidazole rings is 1. The molecule has 3 aromatic rings. The van der Waals surface area contributed by atoms with Crippen molar-refractivity contribution in [3.8, 4) is 24.4 Å². The monoisotopic (exact) mass is 468 g/mol. The number of aromatic nitrogens is 4. The van der Waals surface area contributed by atoms with Gasteiger partial charge in [0.1, 0.15) is 0 Å². The third-order valence-corrected chi connectivity index (χ3v) is 4.69. The number of nitrogens with one attached hydrogen (secondary N) is 1. The van der Waals surface area contributed by atoms with Crippen molar-refractivity contribution in [1.29, 1.82) is 0 Å². The van der Waals surface area contributed by atoms with Gasteiger partial charge in [-0.1, -0.05) is 25.5 Å². The van der Waals surface area contributed by atoms with Gasteiger partial charge in [-0.2, -0.15) is 15.0 Å². The number of terminal acetylenes is 1. The normalized spacial score (nSPS) is 10.2. The Morgan fingerprint density at radius 1 is 1.24 bits per heavy atom. The lowest BCUT2D eigenvalue weighted by Gasteiger charge is -2.11. The zero-order chi connectivity index (χ0) is 25.1. The number of nitrogens with zero attached hydrogens (tertiary/aromatic N) is 4. The summed E-state index contributed by atoms with van der Waals surface area (Å²) in [6.07, 6.45) is 7.61. The predicted octanol–water partition coefficient (Wildman–Crippen LogP) is 2.44. The lowest BCUT2D eigenvalue weighted by atomic mass is 10.0. The average Bonchev–Trinajstić information content (AvgIpc) is 3.18. The lowest BCUT2D eigenvalue weighted by Crippen LogP contribution is -2.09. The molecule has 0 radical (unpaired) electrons. The van der Waals surface area contributed by atoms with E-state index < -0.39 is 5.97 Å².